The Kier molecular flexibility index (Phi) is 7.81. The Balaban J connectivity index is 3.35. The van der Waals surface area contributed by atoms with Crippen molar-refractivity contribution in [1.29, 1.82) is 0 Å². The van der Waals surface area contributed by atoms with E-state index in [1.165, 1.54) is 30.5 Å². The van der Waals surface area contributed by atoms with Crippen molar-refractivity contribution in [1.82, 2.24) is 0 Å². The van der Waals surface area contributed by atoms with Gasteiger partial charge in [0.25, 0.3) is 0 Å². The van der Waals surface area contributed by atoms with Gasteiger partial charge in [-0.25, -0.2) is 0 Å². The van der Waals surface area contributed by atoms with E-state index in [1.54, 1.807) is 0 Å². The minimum Gasteiger partial charge on any atom is -0.361 e. The van der Waals surface area contributed by atoms with Crippen LogP contribution in [0, 0.1) is 6.92 Å². The van der Waals surface area contributed by atoms with Gasteiger partial charge >= 0.3 is 0 Å². The molecule has 0 amide bonds. The summed E-state index contributed by atoms with van der Waals surface area (Å²) in [4.78, 5) is 7.44. The number of hydrogen-bond donors (Lipinski definition) is 0. The van der Waals surface area contributed by atoms with Gasteiger partial charge in [-0.3, -0.25) is 4.99 Å². The SMILES string of the molecule is CC=NC(CC)C(CCCC)N(c1ccccc1C)C(C)(C)C. The molecule has 2 nitrogen and oxygen atoms in total. The molecule has 0 bridgehead atoms. The second-order valence-electron chi connectivity index (χ2n) is 7.42. The van der Waals surface area contributed by atoms with Gasteiger partial charge in [0.05, 0.1) is 12.1 Å². The summed E-state index contributed by atoms with van der Waals surface area (Å²) >= 11 is 0. The van der Waals surface area contributed by atoms with E-state index in [4.69, 9.17) is 4.99 Å². The van der Waals surface area contributed by atoms with Gasteiger partial charge in [-0.05, 0) is 65.3 Å². The van der Waals surface area contributed by atoms with Crippen LogP contribution in [-0.4, -0.2) is 23.8 Å². The fraction of sp³-hybridized carbons (Fsp3) is 0.667. The van der Waals surface area contributed by atoms with Gasteiger partial charge in [0.15, 0.2) is 0 Å². The number of nitrogens with zero attached hydrogens (tertiary/aromatic N) is 2. The fourth-order valence-electron chi connectivity index (χ4n) is 3.45. The van der Waals surface area contributed by atoms with E-state index in [1.807, 2.05) is 13.1 Å². The van der Waals surface area contributed by atoms with Gasteiger partial charge in [-0.1, -0.05) is 44.9 Å². The molecule has 2 atom stereocenters. The Morgan fingerprint density at radius 2 is 1.83 bits per heavy atom. The molecule has 0 saturated carbocycles. The first kappa shape index (κ1) is 19.7. The van der Waals surface area contributed by atoms with E-state index in [2.05, 4.69) is 70.7 Å². The van der Waals surface area contributed by atoms with E-state index in [-0.39, 0.29) is 5.54 Å². The van der Waals surface area contributed by atoms with Crippen molar-refractivity contribution in [2.24, 2.45) is 4.99 Å². The molecule has 0 aromatic heterocycles. The highest BCUT2D eigenvalue weighted by Gasteiger charge is 2.33. The molecular weight excluding hydrogens is 280 g/mol. The van der Waals surface area contributed by atoms with Crippen molar-refractivity contribution in [3.8, 4) is 0 Å². The fourth-order valence-corrected chi connectivity index (χ4v) is 3.45. The van der Waals surface area contributed by atoms with Gasteiger partial charge < -0.3 is 4.90 Å². The van der Waals surface area contributed by atoms with Crippen LogP contribution in [0.3, 0.4) is 0 Å². The average Bonchev–Trinajstić information content (AvgIpc) is 2.49. The molecule has 0 spiro atoms. The van der Waals surface area contributed by atoms with Crippen LogP contribution in [0.15, 0.2) is 29.3 Å². The molecule has 2 unspecified atom stereocenters. The Hall–Kier alpha value is -1.31. The summed E-state index contributed by atoms with van der Waals surface area (Å²) in [7, 11) is 0. The number of para-hydroxylation sites is 1. The number of aliphatic imine (C=N–C) groups is 1. The van der Waals surface area contributed by atoms with Crippen LogP contribution in [0.1, 0.15) is 72.8 Å². The van der Waals surface area contributed by atoms with Crippen molar-refractivity contribution >= 4 is 11.9 Å². The molecule has 0 N–H and O–H groups in total. The molecule has 0 aliphatic carbocycles. The van der Waals surface area contributed by atoms with Crippen molar-refractivity contribution in [2.75, 3.05) is 4.90 Å². The molecule has 0 aliphatic heterocycles. The first-order chi connectivity index (χ1) is 10.9. The molecule has 0 saturated heterocycles. The predicted octanol–water partition coefficient (Wildman–Crippen LogP) is 6.03. The molecule has 0 radical (unpaired) electrons. The van der Waals surface area contributed by atoms with E-state index < -0.39 is 0 Å². The summed E-state index contributed by atoms with van der Waals surface area (Å²) in [6.07, 6.45) is 6.73. The zero-order valence-electron chi connectivity index (χ0n) is 16.3. The lowest BCUT2D eigenvalue weighted by molar-refractivity contribution is 0.364. The lowest BCUT2D eigenvalue weighted by atomic mass is 9.91. The highest BCUT2D eigenvalue weighted by Crippen LogP contribution is 2.33. The summed E-state index contributed by atoms with van der Waals surface area (Å²) in [5.41, 5.74) is 2.77. The largest absolute Gasteiger partial charge is 0.361 e. The molecule has 0 heterocycles. The van der Waals surface area contributed by atoms with E-state index in [9.17, 15) is 0 Å². The van der Waals surface area contributed by atoms with E-state index >= 15 is 0 Å². The molecule has 1 rings (SSSR count). The number of rotatable bonds is 8. The molecule has 23 heavy (non-hydrogen) atoms. The number of benzene rings is 1. The van der Waals surface area contributed by atoms with Crippen LogP contribution in [0.4, 0.5) is 5.69 Å². The Bertz CT molecular complexity index is 485. The molecule has 0 aliphatic rings. The summed E-state index contributed by atoms with van der Waals surface area (Å²) in [6.45, 7) is 15.7. The van der Waals surface area contributed by atoms with Crippen LogP contribution < -0.4 is 4.90 Å². The Morgan fingerprint density at radius 3 is 2.30 bits per heavy atom. The monoisotopic (exact) mass is 316 g/mol. The maximum Gasteiger partial charge on any atom is 0.0696 e. The molecule has 0 fully saturated rings. The number of unbranched alkanes of at least 4 members (excludes halogenated alkanes) is 1. The minimum atomic E-state index is 0.0706. The van der Waals surface area contributed by atoms with Gasteiger partial charge in [-0.15, -0.1) is 0 Å². The van der Waals surface area contributed by atoms with Gasteiger partial charge in [0.2, 0.25) is 0 Å². The van der Waals surface area contributed by atoms with Gasteiger partial charge in [-0.2, -0.15) is 0 Å². The third-order valence-corrected chi connectivity index (χ3v) is 4.49. The first-order valence-electron chi connectivity index (χ1n) is 9.19. The first-order valence-corrected chi connectivity index (χ1v) is 9.19. The Morgan fingerprint density at radius 1 is 1.17 bits per heavy atom. The van der Waals surface area contributed by atoms with E-state index in [0.29, 0.717) is 12.1 Å². The minimum absolute atomic E-state index is 0.0706. The van der Waals surface area contributed by atoms with Gasteiger partial charge in [0, 0.05) is 11.2 Å². The van der Waals surface area contributed by atoms with Crippen molar-refractivity contribution in [3.05, 3.63) is 29.8 Å². The Labute approximate surface area is 144 Å². The van der Waals surface area contributed by atoms with Crippen LogP contribution in [0.25, 0.3) is 0 Å². The summed E-state index contributed by atoms with van der Waals surface area (Å²) in [6, 6.07) is 9.56. The molecular formula is C21H36N2. The summed E-state index contributed by atoms with van der Waals surface area (Å²) < 4.78 is 0. The highest BCUT2D eigenvalue weighted by atomic mass is 15.2. The lowest BCUT2D eigenvalue weighted by Crippen LogP contribution is -2.53. The quantitative estimate of drug-likeness (QED) is 0.535. The normalized spacial score (nSPS) is 14.9. The van der Waals surface area contributed by atoms with Crippen LogP contribution in [0.2, 0.25) is 0 Å². The van der Waals surface area contributed by atoms with Crippen LogP contribution in [0.5, 0.6) is 0 Å². The second-order valence-corrected chi connectivity index (χ2v) is 7.42. The van der Waals surface area contributed by atoms with Crippen molar-refractivity contribution in [2.45, 2.75) is 91.8 Å². The molecule has 1 aromatic carbocycles. The number of anilines is 1. The number of aryl methyl sites for hydroxylation is 1. The maximum absolute atomic E-state index is 4.82. The number of hydrogen-bond acceptors (Lipinski definition) is 2. The van der Waals surface area contributed by atoms with Crippen molar-refractivity contribution in [3.63, 3.8) is 0 Å². The molecule has 1 aromatic rings. The standard InChI is InChI=1S/C21H36N2/c1-8-11-15-20(18(9-2)22-10-3)23(21(5,6)7)19-16-13-12-14-17(19)4/h10,12-14,16,18,20H,8-9,11,15H2,1-7H3. The maximum atomic E-state index is 4.82. The van der Waals surface area contributed by atoms with Gasteiger partial charge in [0.1, 0.15) is 0 Å². The van der Waals surface area contributed by atoms with Crippen molar-refractivity contribution < 1.29 is 0 Å². The third-order valence-electron chi connectivity index (χ3n) is 4.49. The molecule has 130 valence electrons. The van der Waals surface area contributed by atoms with Crippen LogP contribution in [-0.2, 0) is 0 Å². The second kappa shape index (κ2) is 9.10. The molecule has 2 heteroatoms. The zero-order chi connectivity index (χ0) is 17.5. The average molecular weight is 317 g/mol. The van der Waals surface area contributed by atoms with E-state index in [0.717, 1.165) is 6.42 Å². The summed E-state index contributed by atoms with van der Waals surface area (Å²) in [5.74, 6) is 0. The smallest absolute Gasteiger partial charge is 0.0696 e. The predicted molar refractivity (Wildman–Crippen MR) is 105 cm³/mol. The summed E-state index contributed by atoms with van der Waals surface area (Å²) in [5, 5.41) is 0. The topological polar surface area (TPSA) is 15.6 Å². The van der Waals surface area contributed by atoms with Crippen LogP contribution >= 0.6 is 0 Å². The zero-order valence-corrected chi connectivity index (χ0v) is 16.3. The third kappa shape index (κ3) is 5.37. The highest BCUT2D eigenvalue weighted by molar-refractivity contribution is 5.57. The lowest BCUT2D eigenvalue weighted by Gasteiger charge is -2.46.